The molecule has 0 atom stereocenters. The summed E-state index contributed by atoms with van der Waals surface area (Å²) in [6.07, 6.45) is 1.45. The van der Waals surface area contributed by atoms with Gasteiger partial charge in [-0.15, -0.1) is 0 Å². The highest BCUT2D eigenvalue weighted by atomic mass is 35.5. The Kier molecular flexibility index (Phi) is 3.75. The van der Waals surface area contributed by atoms with E-state index in [-0.39, 0.29) is 10.2 Å². The van der Waals surface area contributed by atoms with Gasteiger partial charge in [0.15, 0.2) is 0 Å². The molecule has 0 aliphatic heterocycles. The second-order valence-corrected chi connectivity index (χ2v) is 2.94. The number of hydrogen-bond acceptors (Lipinski definition) is 3. The van der Waals surface area contributed by atoms with E-state index in [0.717, 1.165) is 0 Å². The number of pyridine rings is 1. The first kappa shape index (κ1) is 10.8. The summed E-state index contributed by atoms with van der Waals surface area (Å²) in [6, 6.07) is 1.56. The van der Waals surface area contributed by atoms with E-state index in [1.165, 1.54) is 13.3 Å². The normalized spacial score (nSPS) is 8.79. The molecule has 0 bridgehead atoms. The fourth-order valence-electron chi connectivity index (χ4n) is 0.684. The summed E-state index contributed by atoms with van der Waals surface area (Å²) < 4.78 is 4.34. The molecule has 1 rings (SSSR count). The van der Waals surface area contributed by atoms with Crippen LogP contribution in [0.5, 0.6) is 0 Å². The van der Waals surface area contributed by atoms with E-state index < -0.39 is 5.97 Å². The SMILES string of the molecule is COC(=O)C#Cc1ccnc(Cl)c1Cl. The number of nitrogens with zero attached hydrogens (tertiary/aromatic N) is 1. The number of esters is 1. The van der Waals surface area contributed by atoms with Crippen molar-refractivity contribution in [1.82, 2.24) is 4.98 Å². The Morgan fingerprint density at radius 1 is 1.57 bits per heavy atom. The van der Waals surface area contributed by atoms with Gasteiger partial charge >= 0.3 is 5.97 Å². The largest absolute Gasteiger partial charge is 0.459 e. The standard InChI is InChI=1S/C9H5Cl2NO2/c1-14-7(13)3-2-6-4-5-12-9(11)8(6)10/h4-5H,1H3. The van der Waals surface area contributed by atoms with Crippen LogP contribution in [0, 0.1) is 11.8 Å². The number of methoxy groups -OCH3 is 1. The third kappa shape index (κ3) is 2.63. The van der Waals surface area contributed by atoms with Crippen LogP contribution in [0.4, 0.5) is 0 Å². The van der Waals surface area contributed by atoms with Gasteiger partial charge < -0.3 is 4.74 Å². The molecule has 0 aliphatic carbocycles. The summed E-state index contributed by atoms with van der Waals surface area (Å²) in [4.78, 5) is 14.4. The lowest BCUT2D eigenvalue weighted by Gasteiger charge is -1.95. The van der Waals surface area contributed by atoms with Crippen molar-refractivity contribution >= 4 is 29.2 Å². The molecule has 1 aromatic heterocycles. The third-order valence-corrected chi connectivity index (χ3v) is 2.10. The van der Waals surface area contributed by atoms with Gasteiger partial charge in [0.2, 0.25) is 0 Å². The minimum absolute atomic E-state index is 0.156. The maximum absolute atomic E-state index is 10.7. The van der Waals surface area contributed by atoms with Crippen molar-refractivity contribution in [2.75, 3.05) is 7.11 Å². The fourth-order valence-corrected chi connectivity index (χ4v) is 1.00. The molecule has 0 spiro atoms. The summed E-state index contributed by atoms with van der Waals surface area (Å²) in [7, 11) is 1.25. The Labute approximate surface area is 91.0 Å². The fraction of sp³-hybridized carbons (Fsp3) is 0.111. The van der Waals surface area contributed by atoms with Gasteiger partial charge in [0.1, 0.15) is 5.15 Å². The van der Waals surface area contributed by atoms with Gasteiger partial charge in [0, 0.05) is 17.7 Å². The predicted molar refractivity (Wildman–Crippen MR) is 53.2 cm³/mol. The second kappa shape index (κ2) is 4.85. The van der Waals surface area contributed by atoms with Gasteiger partial charge in [-0.25, -0.2) is 9.78 Å². The maximum Gasteiger partial charge on any atom is 0.384 e. The molecule has 0 saturated heterocycles. The van der Waals surface area contributed by atoms with Crippen LogP contribution in [0.25, 0.3) is 0 Å². The van der Waals surface area contributed by atoms with Crippen LogP contribution in [0.2, 0.25) is 10.2 Å². The average Bonchev–Trinajstić information content (AvgIpc) is 2.20. The molecule has 1 heterocycles. The number of aromatic nitrogens is 1. The first-order valence-electron chi connectivity index (χ1n) is 3.55. The maximum atomic E-state index is 10.7. The molecule has 0 N–H and O–H groups in total. The van der Waals surface area contributed by atoms with Crippen LogP contribution in [-0.2, 0) is 9.53 Å². The summed E-state index contributed by atoms with van der Waals surface area (Å²) in [5, 5.41) is 0.383. The summed E-state index contributed by atoms with van der Waals surface area (Å²) in [6.45, 7) is 0. The van der Waals surface area contributed by atoms with Crippen LogP contribution in [0.3, 0.4) is 0 Å². The Morgan fingerprint density at radius 3 is 2.93 bits per heavy atom. The van der Waals surface area contributed by atoms with Crippen molar-refractivity contribution in [3.05, 3.63) is 28.0 Å². The van der Waals surface area contributed by atoms with Crippen molar-refractivity contribution in [2.24, 2.45) is 0 Å². The Morgan fingerprint density at radius 2 is 2.29 bits per heavy atom. The zero-order valence-corrected chi connectivity index (χ0v) is 8.69. The highest BCUT2D eigenvalue weighted by molar-refractivity contribution is 6.41. The van der Waals surface area contributed by atoms with E-state index >= 15 is 0 Å². The van der Waals surface area contributed by atoms with Crippen molar-refractivity contribution < 1.29 is 9.53 Å². The average molecular weight is 230 g/mol. The number of carbonyl (C=O) groups excluding carboxylic acids is 1. The molecular formula is C9H5Cl2NO2. The summed E-state index contributed by atoms with van der Waals surface area (Å²) >= 11 is 11.4. The first-order chi connectivity index (χ1) is 6.65. The quantitative estimate of drug-likeness (QED) is 0.388. The molecule has 3 nitrogen and oxygen atoms in total. The van der Waals surface area contributed by atoms with E-state index in [1.54, 1.807) is 6.07 Å². The molecule has 0 aromatic carbocycles. The Balaban J connectivity index is 3.01. The topological polar surface area (TPSA) is 39.2 Å². The van der Waals surface area contributed by atoms with E-state index in [4.69, 9.17) is 23.2 Å². The van der Waals surface area contributed by atoms with Crippen molar-refractivity contribution in [2.45, 2.75) is 0 Å². The number of ether oxygens (including phenoxy) is 1. The molecule has 72 valence electrons. The zero-order valence-electron chi connectivity index (χ0n) is 7.17. The monoisotopic (exact) mass is 229 g/mol. The number of carbonyl (C=O) groups is 1. The number of hydrogen-bond donors (Lipinski definition) is 0. The second-order valence-electron chi connectivity index (χ2n) is 2.20. The van der Waals surface area contributed by atoms with Gasteiger partial charge in [0.05, 0.1) is 12.1 Å². The minimum Gasteiger partial charge on any atom is -0.459 e. The van der Waals surface area contributed by atoms with E-state index in [9.17, 15) is 4.79 Å². The first-order valence-corrected chi connectivity index (χ1v) is 4.30. The van der Waals surface area contributed by atoms with Gasteiger partial charge in [-0.2, -0.15) is 0 Å². The van der Waals surface area contributed by atoms with Crippen LogP contribution in [-0.4, -0.2) is 18.1 Å². The lowest BCUT2D eigenvalue weighted by molar-refractivity contribution is -0.133. The molecule has 0 aliphatic rings. The zero-order chi connectivity index (χ0) is 10.6. The summed E-state index contributed by atoms with van der Waals surface area (Å²) in [5.74, 6) is 4.13. The Bertz CT molecular complexity index is 421. The van der Waals surface area contributed by atoms with Crippen LogP contribution in [0.15, 0.2) is 12.3 Å². The third-order valence-electron chi connectivity index (χ3n) is 1.33. The van der Waals surface area contributed by atoms with E-state index in [0.29, 0.717) is 5.56 Å². The number of halogens is 2. The predicted octanol–water partition coefficient (Wildman–Crippen LogP) is 1.91. The lowest BCUT2D eigenvalue weighted by Crippen LogP contribution is -1.94. The summed E-state index contributed by atoms with van der Waals surface area (Å²) in [5.41, 5.74) is 0.442. The van der Waals surface area contributed by atoms with E-state index in [1.807, 2.05) is 0 Å². The molecule has 5 heteroatoms. The minimum atomic E-state index is -0.631. The van der Waals surface area contributed by atoms with E-state index in [2.05, 4.69) is 21.6 Å². The van der Waals surface area contributed by atoms with Gasteiger partial charge in [-0.1, -0.05) is 29.1 Å². The number of rotatable bonds is 0. The molecule has 0 amide bonds. The molecule has 0 radical (unpaired) electrons. The van der Waals surface area contributed by atoms with Crippen molar-refractivity contribution in [3.63, 3.8) is 0 Å². The van der Waals surface area contributed by atoms with Crippen LogP contribution < -0.4 is 0 Å². The van der Waals surface area contributed by atoms with Crippen LogP contribution in [0.1, 0.15) is 5.56 Å². The highest BCUT2D eigenvalue weighted by Crippen LogP contribution is 2.21. The molecule has 0 saturated carbocycles. The van der Waals surface area contributed by atoms with Crippen molar-refractivity contribution in [1.29, 1.82) is 0 Å². The highest BCUT2D eigenvalue weighted by Gasteiger charge is 2.02. The van der Waals surface area contributed by atoms with Gasteiger partial charge in [-0.05, 0) is 6.07 Å². The smallest absolute Gasteiger partial charge is 0.384 e. The van der Waals surface area contributed by atoms with Crippen LogP contribution >= 0.6 is 23.2 Å². The molecule has 1 aromatic rings. The Hall–Kier alpha value is -1.24. The van der Waals surface area contributed by atoms with Gasteiger partial charge in [-0.3, -0.25) is 0 Å². The van der Waals surface area contributed by atoms with Crippen molar-refractivity contribution in [3.8, 4) is 11.8 Å². The molecule has 0 fully saturated rings. The lowest BCUT2D eigenvalue weighted by atomic mass is 10.3. The molecular weight excluding hydrogens is 225 g/mol. The molecule has 0 unspecified atom stereocenters. The van der Waals surface area contributed by atoms with Gasteiger partial charge in [0.25, 0.3) is 0 Å². The molecule has 14 heavy (non-hydrogen) atoms.